The van der Waals surface area contributed by atoms with E-state index in [1.54, 1.807) is 11.3 Å². The molecule has 0 unspecified atom stereocenters. The number of nitrogens with zero attached hydrogens (tertiary/aromatic N) is 1. The van der Waals surface area contributed by atoms with Gasteiger partial charge in [-0.1, -0.05) is 6.92 Å². The van der Waals surface area contributed by atoms with Crippen LogP contribution < -0.4 is 0 Å². The van der Waals surface area contributed by atoms with Crippen molar-refractivity contribution in [2.45, 2.75) is 13.3 Å². The van der Waals surface area contributed by atoms with E-state index >= 15 is 0 Å². The molecule has 1 aromatic heterocycles. The number of fused-ring (bicyclic) bond motifs is 1. The topological polar surface area (TPSA) is 23.8 Å². The van der Waals surface area contributed by atoms with Crippen LogP contribution in [0.2, 0.25) is 0 Å². The Labute approximate surface area is 95.1 Å². The summed E-state index contributed by atoms with van der Waals surface area (Å²) in [6, 6.07) is 8.35. The summed E-state index contributed by atoms with van der Waals surface area (Å²) in [5.74, 6) is 0. The summed E-state index contributed by atoms with van der Waals surface area (Å²) in [7, 11) is 0. The van der Waals surface area contributed by atoms with E-state index < -0.39 is 0 Å². The van der Waals surface area contributed by atoms with Crippen LogP contribution in [0, 0.1) is 11.3 Å². The summed E-state index contributed by atoms with van der Waals surface area (Å²) in [4.78, 5) is 1.33. The maximum Gasteiger partial charge on any atom is 0.101 e. The van der Waals surface area contributed by atoms with E-state index in [1.165, 1.54) is 9.58 Å². The molecular weight excluding hydrogens is 258 g/mol. The van der Waals surface area contributed by atoms with Crippen molar-refractivity contribution < 1.29 is 0 Å². The maximum absolute atomic E-state index is 9.02. The minimum absolute atomic E-state index is 0.749. The fraction of sp³-hybridized carbons (Fsp3) is 0.182. The van der Waals surface area contributed by atoms with Gasteiger partial charge in [0.15, 0.2) is 0 Å². The van der Waals surface area contributed by atoms with Crippen molar-refractivity contribution in [1.29, 1.82) is 5.26 Å². The van der Waals surface area contributed by atoms with Gasteiger partial charge in [0, 0.05) is 19.4 Å². The number of hydrogen-bond donors (Lipinski definition) is 0. The van der Waals surface area contributed by atoms with Crippen LogP contribution in [0.5, 0.6) is 0 Å². The Kier molecular flexibility index (Phi) is 2.58. The summed E-state index contributed by atoms with van der Waals surface area (Å²) >= 11 is 5.15. The molecule has 70 valence electrons. The van der Waals surface area contributed by atoms with Crippen molar-refractivity contribution in [2.75, 3.05) is 0 Å². The zero-order valence-electron chi connectivity index (χ0n) is 7.67. The summed E-state index contributed by atoms with van der Waals surface area (Å²) < 4.78 is 2.08. The highest BCUT2D eigenvalue weighted by Gasteiger charge is 2.08. The number of hydrogen-bond acceptors (Lipinski definition) is 2. The highest BCUT2D eigenvalue weighted by molar-refractivity contribution is 9.10. The van der Waals surface area contributed by atoms with Gasteiger partial charge in [-0.3, -0.25) is 0 Å². The lowest BCUT2D eigenvalue weighted by Crippen LogP contribution is -1.77. The summed E-state index contributed by atoms with van der Waals surface area (Å²) in [5, 5.41) is 10.1. The van der Waals surface area contributed by atoms with Crippen LogP contribution in [0.15, 0.2) is 22.7 Å². The van der Waals surface area contributed by atoms with Crippen molar-refractivity contribution >= 4 is 37.4 Å². The fourth-order valence-corrected chi connectivity index (χ4v) is 2.87. The molecule has 1 aromatic carbocycles. The second-order valence-electron chi connectivity index (χ2n) is 3.01. The predicted octanol–water partition coefficient (Wildman–Crippen LogP) is 4.10. The van der Waals surface area contributed by atoms with Gasteiger partial charge in [0.25, 0.3) is 0 Å². The lowest BCUT2D eigenvalue weighted by molar-refractivity contribution is 1.19. The zero-order chi connectivity index (χ0) is 10.1. The third kappa shape index (κ3) is 1.45. The minimum atomic E-state index is 0.749. The molecule has 0 N–H and O–H groups in total. The standard InChI is InChI=1S/C11H8BrNS/c1-2-7-5-8-9(6-13)10(12)3-4-11(8)14-7/h3-5H,2H2,1H3. The smallest absolute Gasteiger partial charge is 0.101 e. The average molecular weight is 266 g/mol. The van der Waals surface area contributed by atoms with Crippen molar-refractivity contribution in [3.05, 3.63) is 33.1 Å². The van der Waals surface area contributed by atoms with Gasteiger partial charge in [0.05, 0.1) is 5.56 Å². The molecule has 2 rings (SSSR count). The molecule has 0 saturated carbocycles. The van der Waals surface area contributed by atoms with E-state index in [2.05, 4.69) is 41.1 Å². The Morgan fingerprint density at radius 1 is 1.50 bits per heavy atom. The van der Waals surface area contributed by atoms with Crippen molar-refractivity contribution in [2.24, 2.45) is 0 Å². The largest absolute Gasteiger partial charge is 0.192 e. The van der Waals surface area contributed by atoms with E-state index in [0.29, 0.717) is 0 Å². The van der Waals surface area contributed by atoms with Crippen LogP contribution in [0.25, 0.3) is 10.1 Å². The molecule has 0 aliphatic carbocycles. The molecule has 3 heteroatoms. The van der Waals surface area contributed by atoms with Crippen LogP contribution in [0.1, 0.15) is 17.4 Å². The quantitative estimate of drug-likeness (QED) is 0.762. The van der Waals surface area contributed by atoms with Gasteiger partial charge in [-0.15, -0.1) is 11.3 Å². The highest BCUT2D eigenvalue weighted by Crippen LogP contribution is 2.32. The Morgan fingerprint density at radius 2 is 2.29 bits per heavy atom. The van der Waals surface area contributed by atoms with Crippen LogP contribution in [-0.2, 0) is 6.42 Å². The number of halogens is 1. The molecule has 0 spiro atoms. The van der Waals surface area contributed by atoms with Crippen molar-refractivity contribution in [3.63, 3.8) is 0 Å². The Hall–Kier alpha value is -0.850. The first-order valence-corrected chi connectivity index (χ1v) is 5.98. The number of thiophene rings is 1. The number of nitriles is 1. The number of aryl methyl sites for hydroxylation is 1. The molecule has 0 bridgehead atoms. The monoisotopic (exact) mass is 265 g/mol. The van der Waals surface area contributed by atoms with Crippen molar-refractivity contribution in [3.8, 4) is 6.07 Å². The first-order valence-electron chi connectivity index (χ1n) is 4.37. The Morgan fingerprint density at radius 3 is 2.93 bits per heavy atom. The molecular formula is C11H8BrNS. The normalized spacial score (nSPS) is 10.4. The summed E-state index contributed by atoms with van der Waals surface area (Å²) in [6.45, 7) is 2.13. The van der Waals surface area contributed by atoms with Gasteiger partial charge in [-0.25, -0.2) is 0 Å². The van der Waals surface area contributed by atoms with Crippen molar-refractivity contribution in [1.82, 2.24) is 0 Å². The highest BCUT2D eigenvalue weighted by atomic mass is 79.9. The molecule has 0 amide bonds. The van der Waals surface area contributed by atoms with E-state index in [4.69, 9.17) is 5.26 Å². The molecule has 2 aromatic rings. The van der Waals surface area contributed by atoms with E-state index in [9.17, 15) is 0 Å². The Balaban J connectivity index is 2.81. The molecule has 0 aliphatic heterocycles. The van der Waals surface area contributed by atoms with Gasteiger partial charge in [-0.2, -0.15) is 5.26 Å². The van der Waals surface area contributed by atoms with Gasteiger partial charge < -0.3 is 0 Å². The van der Waals surface area contributed by atoms with Gasteiger partial charge in [0.2, 0.25) is 0 Å². The van der Waals surface area contributed by atoms with Crippen LogP contribution >= 0.6 is 27.3 Å². The van der Waals surface area contributed by atoms with E-state index in [-0.39, 0.29) is 0 Å². The Bertz CT molecular complexity index is 522. The molecule has 14 heavy (non-hydrogen) atoms. The van der Waals surface area contributed by atoms with E-state index in [0.717, 1.165) is 21.8 Å². The molecule has 0 atom stereocenters. The van der Waals surface area contributed by atoms with Crippen LogP contribution in [0.3, 0.4) is 0 Å². The second-order valence-corrected chi connectivity index (χ2v) is 5.03. The van der Waals surface area contributed by atoms with E-state index in [1.807, 2.05) is 6.07 Å². The van der Waals surface area contributed by atoms with Crippen LogP contribution in [0.4, 0.5) is 0 Å². The average Bonchev–Trinajstić information content (AvgIpc) is 2.60. The molecule has 0 radical (unpaired) electrons. The predicted molar refractivity (Wildman–Crippen MR) is 63.6 cm³/mol. The lowest BCUT2D eigenvalue weighted by atomic mass is 10.1. The molecule has 1 heterocycles. The first-order chi connectivity index (χ1) is 6.76. The molecule has 0 fully saturated rings. The summed E-state index contributed by atoms with van der Waals surface area (Å²) in [6.07, 6.45) is 1.03. The number of benzene rings is 1. The lowest BCUT2D eigenvalue weighted by Gasteiger charge is -1.95. The minimum Gasteiger partial charge on any atom is -0.192 e. The second kappa shape index (κ2) is 3.72. The van der Waals surface area contributed by atoms with Gasteiger partial charge >= 0.3 is 0 Å². The zero-order valence-corrected chi connectivity index (χ0v) is 10.1. The fourth-order valence-electron chi connectivity index (χ4n) is 1.43. The van der Waals surface area contributed by atoms with Gasteiger partial charge in [0.1, 0.15) is 6.07 Å². The SMILES string of the molecule is CCc1cc2c(C#N)c(Br)ccc2s1. The maximum atomic E-state index is 9.02. The first kappa shape index (κ1) is 9.70. The van der Waals surface area contributed by atoms with Gasteiger partial charge in [-0.05, 0) is 40.5 Å². The molecule has 1 nitrogen and oxygen atoms in total. The molecule has 0 aliphatic rings. The molecule has 0 saturated heterocycles. The number of rotatable bonds is 1. The third-order valence-corrected chi connectivity index (χ3v) is 4.07. The third-order valence-electron chi connectivity index (χ3n) is 2.16. The van der Waals surface area contributed by atoms with Crippen LogP contribution in [-0.4, -0.2) is 0 Å². The summed E-state index contributed by atoms with van der Waals surface area (Å²) in [5.41, 5.74) is 0.749.